The van der Waals surface area contributed by atoms with Gasteiger partial charge in [0.15, 0.2) is 8.32 Å². The Hall–Kier alpha value is -2.97. The van der Waals surface area contributed by atoms with E-state index in [-0.39, 0.29) is 23.3 Å². The molecule has 0 saturated carbocycles. The third kappa shape index (κ3) is 9.00. The monoisotopic (exact) mass is 583 g/mol. The van der Waals surface area contributed by atoms with Gasteiger partial charge in [0.05, 0.1) is 42.3 Å². The van der Waals surface area contributed by atoms with Crippen LogP contribution in [0.25, 0.3) is 5.57 Å². The van der Waals surface area contributed by atoms with Crippen molar-refractivity contribution < 1.29 is 28.2 Å². The highest BCUT2D eigenvalue weighted by Crippen LogP contribution is 2.35. The van der Waals surface area contributed by atoms with E-state index in [2.05, 4.69) is 47.6 Å². The molecule has 1 heterocycles. The number of methoxy groups -OCH3 is 2. The molecule has 226 valence electrons. The Morgan fingerprint density at radius 2 is 1.51 bits per heavy atom. The minimum atomic E-state index is -1.71. The highest BCUT2D eigenvalue weighted by atomic mass is 28.4. The first kappa shape index (κ1) is 34.2. The van der Waals surface area contributed by atoms with Crippen LogP contribution in [0.15, 0.2) is 42.5 Å². The Bertz CT molecular complexity index is 1160. The standard InChI is InChI=1S/C33H49NO6Si/c1-9-25(17-16-22-33(10-2,11-3)40-41(12-4,13-5)14-6)30-19-15-18-26(34-30)24-39-27-20-21-28(31(35)37-7)29(23-27)32(36)38-8/h15,17-21,23H,9-14,16,22,24H2,1-8H3/b25-17+. The maximum atomic E-state index is 12.2. The Balaban J connectivity index is 2.18. The van der Waals surface area contributed by atoms with Crippen LogP contribution in [0, 0.1) is 0 Å². The maximum absolute atomic E-state index is 12.2. The first-order valence-electron chi connectivity index (χ1n) is 15.0. The Labute approximate surface area is 247 Å². The SMILES string of the molecule is CC/C(=C\CCC(CC)(CC)O[Si](CC)(CC)CC)c1cccc(COc2ccc(C(=O)OC)c(C(=O)OC)c2)n1. The second kappa shape index (κ2) is 16.5. The fourth-order valence-electron chi connectivity index (χ4n) is 5.24. The smallest absolute Gasteiger partial charge is 0.338 e. The molecule has 1 aromatic carbocycles. The summed E-state index contributed by atoms with van der Waals surface area (Å²) in [7, 11) is 0.820. The fraction of sp³-hybridized carbons (Fsp3) is 0.545. The lowest BCUT2D eigenvalue weighted by Gasteiger charge is -2.42. The van der Waals surface area contributed by atoms with Crippen molar-refractivity contribution in [3.8, 4) is 5.75 Å². The number of nitrogens with zero attached hydrogens (tertiary/aromatic N) is 1. The number of hydrogen-bond acceptors (Lipinski definition) is 7. The van der Waals surface area contributed by atoms with Crippen molar-refractivity contribution in [2.24, 2.45) is 0 Å². The van der Waals surface area contributed by atoms with E-state index in [9.17, 15) is 9.59 Å². The summed E-state index contributed by atoms with van der Waals surface area (Å²) in [5.74, 6) is -0.825. The summed E-state index contributed by atoms with van der Waals surface area (Å²) in [5.41, 5.74) is 3.04. The van der Waals surface area contributed by atoms with E-state index in [0.717, 1.165) is 61.6 Å². The van der Waals surface area contributed by atoms with Gasteiger partial charge in [-0.3, -0.25) is 0 Å². The van der Waals surface area contributed by atoms with Crippen molar-refractivity contribution in [1.29, 1.82) is 0 Å². The average Bonchev–Trinajstić information content (AvgIpc) is 3.03. The van der Waals surface area contributed by atoms with Crippen molar-refractivity contribution >= 4 is 25.8 Å². The van der Waals surface area contributed by atoms with Crippen molar-refractivity contribution in [2.75, 3.05) is 14.2 Å². The number of pyridine rings is 1. The molecule has 0 atom stereocenters. The van der Waals surface area contributed by atoms with Crippen LogP contribution in [0.5, 0.6) is 5.75 Å². The highest BCUT2D eigenvalue weighted by molar-refractivity contribution is 6.73. The third-order valence-electron chi connectivity index (χ3n) is 8.35. The van der Waals surface area contributed by atoms with E-state index >= 15 is 0 Å². The molecule has 0 aliphatic rings. The van der Waals surface area contributed by atoms with Crippen LogP contribution in [0.3, 0.4) is 0 Å². The molecule has 0 radical (unpaired) electrons. The van der Waals surface area contributed by atoms with Crippen molar-refractivity contribution in [1.82, 2.24) is 4.98 Å². The number of rotatable bonds is 17. The van der Waals surface area contributed by atoms with Gasteiger partial charge in [-0.1, -0.05) is 53.7 Å². The van der Waals surface area contributed by atoms with E-state index < -0.39 is 20.3 Å². The largest absolute Gasteiger partial charge is 0.487 e. The molecule has 7 nitrogen and oxygen atoms in total. The van der Waals surface area contributed by atoms with Gasteiger partial charge in [0.1, 0.15) is 12.4 Å². The number of esters is 2. The van der Waals surface area contributed by atoms with Gasteiger partial charge >= 0.3 is 11.9 Å². The number of carbonyl (C=O) groups is 2. The van der Waals surface area contributed by atoms with Gasteiger partial charge in [-0.2, -0.15) is 0 Å². The minimum absolute atomic E-state index is 0.0703. The third-order valence-corrected chi connectivity index (χ3v) is 13.1. The van der Waals surface area contributed by atoms with Gasteiger partial charge in [0, 0.05) is 0 Å². The highest BCUT2D eigenvalue weighted by Gasteiger charge is 2.38. The average molecular weight is 584 g/mol. The van der Waals surface area contributed by atoms with Crippen molar-refractivity contribution in [3.63, 3.8) is 0 Å². The Morgan fingerprint density at radius 1 is 0.878 bits per heavy atom. The number of allylic oxidation sites excluding steroid dienone is 2. The maximum Gasteiger partial charge on any atom is 0.338 e. The van der Waals surface area contributed by atoms with Crippen LogP contribution in [-0.2, 0) is 20.5 Å². The lowest BCUT2D eigenvalue weighted by atomic mass is 9.91. The van der Waals surface area contributed by atoms with Crippen LogP contribution in [0.1, 0.15) is 106 Å². The normalized spacial score (nSPS) is 12.2. The second-order valence-corrected chi connectivity index (χ2v) is 15.0. The molecule has 0 aliphatic heterocycles. The summed E-state index contributed by atoms with van der Waals surface area (Å²) in [6.45, 7) is 13.8. The Morgan fingerprint density at radius 3 is 2.07 bits per heavy atom. The molecule has 0 aliphatic carbocycles. The molecule has 0 saturated heterocycles. The first-order chi connectivity index (χ1) is 19.7. The molecule has 0 fully saturated rings. The molecule has 0 bridgehead atoms. The van der Waals surface area contributed by atoms with Crippen LogP contribution in [-0.4, -0.2) is 45.1 Å². The molecule has 2 rings (SSSR count). The number of aromatic nitrogens is 1. The minimum Gasteiger partial charge on any atom is -0.487 e. The van der Waals surface area contributed by atoms with E-state index in [4.69, 9.17) is 23.6 Å². The van der Waals surface area contributed by atoms with E-state index in [0.29, 0.717) is 5.75 Å². The predicted molar refractivity (Wildman–Crippen MR) is 167 cm³/mol. The molecule has 2 aromatic rings. The van der Waals surface area contributed by atoms with Gasteiger partial charge < -0.3 is 18.6 Å². The fourth-order valence-corrected chi connectivity index (χ4v) is 8.48. The van der Waals surface area contributed by atoms with E-state index in [1.54, 1.807) is 6.07 Å². The summed E-state index contributed by atoms with van der Waals surface area (Å²) in [5, 5.41) is 0. The number of hydrogen-bond donors (Lipinski definition) is 0. The van der Waals surface area contributed by atoms with Gasteiger partial charge in [-0.05, 0) is 86.1 Å². The zero-order chi connectivity index (χ0) is 30.5. The van der Waals surface area contributed by atoms with E-state index in [1.165, 1.54) is 31.9 Å². The molecule has 0 spiro atoms. The number of ether oxygens (including phenoxy) is 3. The van der Waals surface area contributed by atoms with Crippen LogP contribution >= 0.6 is 0 Å². The van der Waals surface area contributed by atoms with Crippen molar-refractivity contribution in [2.45, 2.75) is 104 Å². The second-order valence-electron chi connectivity index (χ2n) is 10.4. The molecule has 1 aromatic heterocycles. The van der Waals surface area contributed by atoms with Gasteiger partial charge in [0.2, 0.25) is 0 Å². The first-order valence-corrected chi connectivity index (χ1v) is 17.5. The molecular weight excluding hydrogens is 534 g/mol. The topological polar surface area (TPSA) is 84.0 Å². The van der Waals surface area contributed by atoms with Crippen LogP contribution in [0.4, 0.5) is 0 Å². The van der Waals surface area contributed by atoms with E-state index in [1.807, 2.05) is 18.2 Å². The summed E-state index contributed by atoms with van der Waals surface area (Å²) < 4.78 is 22.6. The van der Waals surface area contributed by atoms with Crippen LogP contribution in [0.2, 0.25) is 18.1 Å². The quantitative estimate of drug-likeness (QED) is 0.137. The predicted octanol–water partition coefficient (Wildman–Crippen LogP) is 8.39. The lowest BCUT2D eigenvalue weighted by molar-refractivity contribution is 0.0397. The molecule has 8 heteroatoms. The summed E-state index contributed by atoms with van der Waals surface area (Å²) in [6.07, 6.45) is 7.19. The summed E-state index contributed by atoms with van der Waals surface area (Å²) in [6, 6.07) is 14.0. The molecular formula is C33H49NO6Si. The van der Waals surface area contributed by atoms with Gasteiger partial charge in [-0.25, -0.2) is 14.6 Å². The molecule has 0 N–H and O–H groups in total. The number of carbonyl (C=O) groups excluding carboxylic acids is 2. The Kier molecular flexibility index (Phi) is 13.7. The summed E-state index contributed by atoms with van der Waals surface area (Å²) >= 11 is 0. The van der Waals surface area contributed by atoms with Gasteiger partial charge in [-0.15, -0.1) is 0 Å². The van der Waals surface area contributed by atoms with Gasteiger partial charge in [0.25, 0.3) is 0 Å². The molecule has 41 heavy (non-hydrogen) atoms. The molecule has 0 unspecified atom stereocenters. The van der Waals surface area contributed by atoms with Crippen LogP contribution < -0.4 is 4.74 Å². The zero-order valence-electron chi connectivity index (χ0n) is 26.3. The van der Waals surface area contributed by atoms with Crippen molar-refractivity contribution in [3.05, 3.63) is 65.0 Å². The zero-order valence-corrected chi connectivity index (χ0v) is 27.3. The molecule has 0 amide bonds. The number of benzene rings is 1. The lowest BCUT2D eigenvalue weighted by Crippen LogP contribution is -2.46. The summed E-state index contributed by atoms with van der Waals surface area (Å²) in [4.78, 5) is 29.1.